The maximum absolute atomic E-state index is 5.91. The predicted molar refractivity (Wildman–Crippen MR) is 90.4 cm³/mol. The van der Waals surface area contributed by atoms with Gasteiger partial charge in [0.2, 0.25) is 0 Å². The van der Waals surface area contributed by atoms with Crippen molar-refractivity contribution in [2.24, 2.45) is 0 Å². The first-order valence-electron chi connectivity index (χ1n) is 5.57. The summed E-state index contributed by atoms with van der Waals surface area (Å²) in [6.45, 7) is 0. The first-order chi connectivity index (χ1) is 9.13. The van der Waals surface area contributed by atoms with Gasteiger partial charge < -0.3 is 5.32 Å². The fraction of sp³-hybridized carbons (Fsp3) is 0.0714. The summed E-state index contributed by atoms with van der Waals surface area (Å²) in [5.41, 5.74) is 2.09. The van der Waals surface area contributed by atoms with E-state index in [1.165, 1.54) is 5.56 Å². The van der Waals surface area contributed by atoms with Crippen molar-refractivity contribution >= 4 is 57.2 Å². The largest absolute Gasteiger partial charge is 0.341 e. The SMILES string of the molecule is S=C(Nc1cccc(Cl)c1)SCc1ccc(Cl)cc1. The molecule has 1 nitrogen and oxygen atoms in total. The van der Waals surface area contributed by atoms with Crippen LogP contribution >= 0.6 is 47.2 Å². The second-order valence-electron chi connectivity index (χ2n) is 3.84. The number of hydrogen-bond acceptors (Lipinski definition) is 2. The summed E-state index contributed by atoms with van der Waals surface area (Å²) in [6.07, 6.45) is 0. The lowest BCUT2D eigenvalue weighted by molar-refractivity contribution is 1.42. The summed E-state index contributed by atoms with van der Waals surface area (Å²) < 4.78 is 0.720. The summed E-state index contributed by atoms with van der Waals surface area (Å²) in [5.74, 6) is 0.809. The maximum Gasteiger partial charge on any atom is 0.138 e. The van der Waals surface area contributed by atoms with Crippen molar-refractivity contribution < 1.29 is 0 Å². The normalized spacial score (nSPS) is 10.2. The van der Waals surface area contributed by atoms with Crippen molar-refractivity contribution in [3.05, 3.63) is 64.1 Å². The van der Waals surface area contributed by atoms with E-state index in [1.54, 1.807) is 11.8 Å². The van der Waals surface area contributed by atoms with E-state index in [9.17, 15) is 0 Å². The van der Waals surface area contributed by atoms with Crippen LogP contribution in [0.5, 0.6) is 0 Å². The Morgan fingerprint density at radius 3 is 2.47 bits per heavy atom. The Morgan fingerprint density at radius 2 is 1.79 bits per heavy atom. The van der Waals surface area contributed by atoms with E-state index in [-0.39, 0.29) is 0 Å². The second kappa shape index (κ2) is 7.15. The molecule has 98 valence electrons. The molecule has 0 aromatic heterocycles. The van der Waals surface area contributed by atoms with Gasteiger partial charge in [0.15, 0.2) is 0 Å². The van der Waals surface area contributed by atoms with Gasteiger partial charge >= 0.3 is 0 Å². The first-order valence-corrected chi connectivity index (χ1v) is 7.72. The van der Waals surface area contributed by atoms with Crippen LogP contribution in [0, 0.1) is 0 Å². The van der Waals surface area contributed by atoms with Crippen LogP contribution in [0.1, 0.15) is 5.56 Å². The molecule has 19 heavy (non-hydrogen) atoms. The summed E-state index contributed by atoms with van der Waals surface area (Å²) in [6, 6.07) is 15.2. The van der Waals surface area contributed by atoms with Crippen molar-refractivity contribution in [1.29, 1.82) is 0 Å². The molecule has 0 aliphatic carbocycles. The van der Waals surface area contributed by atoms with Gasteiger partial charge in [-0.2, -0.15) is 0 Å². The molecule has 0 spiro atoms. The Kier molecular flexibility index (Phi) is 5.52. The van der Waals surface area contributed by atoms with Gasteiger partial charge in [0.1, 0.15) is 4.32 Å². The predicted octanol–water partition coefficient (Wildman–Crippen LogP) is 5.62. The summed E-state index contributed by atoms with van der Waals surface area (Å²) in [4.78, 5) is 0. The van der Waals surface area contributed by atoms with Gasteiger partial charge in [-0.1, -0.05) is 65.4 Å². The van der Waals surface area contributed by atoms with E-state index in [0.717, 1.165) is 20.8 Å². The van der Waals surface area contributed by atoms with Crippen LogP contribution in [0.15, 0.2) is 48.5 Å². The zero-order valence-electron chi connectivity index (χ0n) is 9.90. The van der Waals surface area contributed by atoms with Crippen molar-refractivity contribution in [2.75, 3.05) is 5.32 Å². The van der Waals surface area contributed by atoms with Gasteiger partial charge in [-0.15, -0.1) is 0 Å². The van der Waals surface area contributed by atoms with Crippen LogP contribution in [0.2, 0.25) is 10.0 Å². The van der Waals surface area contributed by atoms with E-state index >= 15 is 0 Å². The van der Waals surface area contributed by atoms with E-state index in [1.807, 2.05) is 48.5 Å². The van der Waals surface area contributed by atoms with Gasteiger partial charge in [-0.25, -0.2) is 0 Å². The molecule has 0 aliphatic rings. The summed E-state index contributed by atoms with van der Waals surface area (Å²) in [7, 11) is 0. The maximum atomic E-state index is 5.91. The van der Waals surface area contributed by atoms with E-state index in [0.29, 0.717) is 5.02 Å². The molecule has 0 saturated carbocycles. The Bertz CT molecular complexity index is 570. The van der Waals surface area contributed by atoms with E-state index in [4.69, 9.17) is 35.4 Å². The molecular formula is C14H11Cl2NS2. The van der Waals surface area contributed by atoms with Crippen molar-refractivity contribution in [3.8, 4) is 0 Å². The Balaban J connectivity index is 1.86. The number of rotatable bonds is 3. The van der Waals surface area contributed by atoms with Crippen LogP contribution in [-0.2, 0) is 5.75 Å². The number of hydrogen-bond donors (Lipinski definition) is 1. The minimum atomic E-state index is 0.690. The summed E-state index contributed by atoms with van der Waals surface area (Å²) >= 11 is 18.6. The smallest absolute Gasteiger partial charge is 0.138 e. The van der Waals surface area contributed by atoms with Gasteiger partial charge in [-0.05, 0) is 35.9 Å². The third kappa shape index (κ3) is 5.03. The van der Waals surface area contributed by atoms with Gasteiger partial charge in [-0.3, -0.25) is 0 Å². The van der Waals surface area contributed by atoms with Crippen LogP contribution in [0.3, 0.4) is 0 Å². The van der Waals surface area contributed by atoms with Crippen LogP contribution in [-0.4, -0.2) is 4.32 Å². The fourth-order valence-corrected chi connectivity index (χ4v) is 2.74. The van der Waals surface area contributed by atoms with Crippen LogP contribution in [0.4, 0.5) is 5.69 Å². The third-order valence-electron chi connectivity index (χ3n) is 2.35. The number of anilines is 1. The van der Waals surface area contributed by atoms with Gasteiger partial charge in [0.05, 0.1) is 0 Å². The quantitative estimate of drug-likeness (QED) is 0.734. The van der Waals surface area contributed by atoms with E-state index < -0.39 is 0 Å². The van der Waals surface area contributed by atoms with Crippen molar-refractivity contribution in [3.63, 3.8) is 0 Å². The lowest BCUT2D eigenvalue weighted by Crippen LogP contribution is -2.04. The molecule has 0 saturated heterocycles. The van der Waals surface area contributed by atoms with Gasteiger partial charge in [0.25, 0.3) is 0 Å². The molecule has 2 aromatic rings. The highest BCUT2D eigenvalue weighted by Crippen LogP contribution is 2.20. The molecule has 0 amide bonds. The number of halogens is 2. The molecule has 0 fully saturated rings. The number of thiocarbonyl (C=S) groups is 1. The Hall–Kier alpha value is -0.740. The van der Waals surface area contributed by atoms with Crippen molar-refractivity contribution in [2.45, 2.75) is 5.75 Å². The first kappa shape index (κ1) is 14.7. The highest BCUT2D eigenvalue weighted by molar-refractivity contribution is 8.22. The molecular weight excluding hydrogens is 317 g/mol. The summed E-state index contributed by atoms with van der Waals surface area (Å²) in [5, 5.41) is 4.58. The van der Waals surface area contributed by atoms with Crippen LogP contribution in [0.25, 0.3) is 0 Å². The molecule has 0 radical (unpaired) electrons. The molecule has 2 rings (SSSR count). The van der Waals surface area contributed by atoms with Crippen LogP contribution < -0.4 is 5.32 Å². The topological polar surface area (TPSA) is 12.0 Å². The molecule has 1 N–H and O–H groups in total. The molecule has 0 unspecified atom stereocenters. The Labute approximate surface area is 132 Å². The standard InChI is InChI=1S/C14H11Cl2NS2/c15-11-6-4-10(5-7-11)9-19-14(18)17-13-3-1-2-12(16)8-13/h1-8H,9H2,(H,17,18). The molecule has 0 heterocycles. The molecule has 0 bridgehead atoms. The highest BCUT2D eigenvalue weighted by atomic mass is 35.5. The lowest BCUT2D eigenvalue weighted by atomic mass is 10.2. The monoisotopic (exact) mass is 327 g/mol. The average Bonchev–Trinajstić information content (AvgIpc) is 2.38. The number of thioether (sulfide) groups is 1. The third-order valence-corrected chi connectivity index (χ3v) is 4.14. The second-order valence-corrected chi connectivity index (χ2v) is 6.36. The van der Waals surface area contributed by atoms with Gasteiger partial charge in [0, 0.05) is 21.5 Å². The lowest BCUT2D eigenvalue weighted by Gasteiger charge is -2.07. The average molecular weight is 328 g/mol. The number of benzene rings is 2. The zero-order valence-corrected chi connectivity index (χ0v) is 13.0. The minimum Gasteiger partial charge on any atom is -0.341 e. The highest BCUT2D eigenvalue weighted by Gasteiger charge is 2.01. The molecule has 0 atom stereocenters. The van der Waals surface area contributed by atoms with Crippen molar-refractivity contribution in [1.82, 2.24) is 0 Å². The van der Waals surface area contributed by atoms with E-state index in [2.05, 4.69) is 5.32 Å². The molecule has 2 aromatic carbocycles. The molecule has 5 heteroatoms. The Morgan fingerprint density at radius 1 is 1.05 bits per heavy atom. The molecule has 0 aliphatic heterocycles. The minimum absolute atomic E-state index is 0.690. The fourth-order valence-electron chi connectivity index (χ4n) is 1.45. The number of nitrogens with one attached hydrogen (secondary N) is 1. The zero-order chi connectivity index (χ0) is 13.7.